The third-order valence-corrected chi connectivity index (χ3v) is 3.25. The summed E-state index contributed by atoms with van der Waals surface area (Å²) in [6.07, 6.45) is 0. The largest absolute Gasteiger partial charge is 0.508 e. The summed E-state index contributed by atoms with van der Waals surface area (Å²) in [5.74, 6) is -0.411. The van der Waals surface area contributed by atoms with Crippen LogP contribution in [-0.2, 0) is 6.54 Å². The van der Waals surface area contributed by atoms with Crippen molar-refractivity contribution in [1.29, 1.82) is 0 Å². The predicted octanol–water partition coefficient (Wildman–Crippen LogP) is 2.05. The van der Waals surface area contributed by atoms with Crippen molar-refractivity contribution in [3.8, 4) is 11.5 Å². The van der Waals surface area contributed by atoms with Gasteiger partial charge in [0, 0.05) is 24.2 Å². The summed E-state index contributed by atoms with van der Waals surface area (Å²) < 4.78 is 0. The van der Waals surface area contributed by atoms with E-state index in [1.807, 2.05) is 13.0 Å². The zero-order chi connectivity index (χ0) is 15.4. The highest BCUT2D eigenvalue weighted by molar-refractivity contribution is 5.92. The first-order chi connectivity index (χ1) is 9.95. The lowest BCUT2D eigenvalue weighted by molar-refractivity contribution is 0.1000. The third kappa shape index (κ3) is 3.97. The topological polar surface area (TPSA) is 95.6 Å². The summed E-state index contributed by atoms with van der Waals surface area (Å²) in [6.45, 7) is 2.46. The van der Waals surface area contributed by atoms with Gasteiger partial charge in [-0.25, -0.2) is 0 Å². The molecule has 1 atom stereocenters. The molecule has 0 fully saturated rings. The minimum Gasteiger partial charge on any atom is -0.508 e. The predicted molar refractivity (Wildman–Crippen MR) is 80.0 cm³/mol. The molecule has 5 nitrogen and oxygen atoms in total. The van der Waals surface area contributed by atoms with Crippen LogP contribution in [0, 0.1) is 0 Å². The fourth-order valence-electron chi connectivity index (χ4n) is 2.09. The lowest BCUT2D eigenvalue weighted by Crippen LogP contribution is -2.18. The molecule has 0 radical (unpaired) electrons. The number of phenols is 2. The molecule has 2 aromatic carbocycles. The molecule has 5 heteroatoms. The molecule has 1 unspecified atom stereocenters. The molecule has 0 aromatic heterocycles. The van der Waals surface area contributed by atoms with Crippen LogP contribution in [0.1, 0.15) is 34.5 Å². The maximum atomic E-state index is 11.1. The first-order valence-corrected chi connectivity index (χ1v) is 6.61. The number of benzene rings is 2. The van der Waals surface area contributed by atoms with Crippen LogP contribution < -0.4 is 11.1 Å². The lowest BCUT2D eigenvalue weighted by Gasteiger charge is -2.15. The van der Waals surface area contributed by atoms with E-state index in [2.05, 4.69) is 5.32 Å². The Balaban J connectivity index is 2.05. The van der Waals surface area contributed by atoms with E-state index in [-0.39, 0.29) is 17.5 Å². The van der Waals surface area contributed by atoms with Gasteiger partial charge in [0.05, 0.1) is 0 Å². The van der Waals surface area contributed by atoms with E-state index in [1.165, 1.54) is 6.07 Å². The van der Waals surface area contributed by atoms with Gasteiger partial charge in [0.1, 0.15) is 11.5 Å². The van der Waals surface area contributed by atoms with Gasteiger partial charge in [-0.1, -0.05) is 12.1 Å². The van der Waals surface area contributed by atoms with E-state index >= 15 is 0 Å². The summed E-state index contributed by atoms with van der Waals surface area (Å²) in [4.78, 5) is 11.1. The van der Waals surface area contributed by atoms with Crippen molar-refractivity contribution in [3.63, 3.8) is 0 Å². The average Bonchev–Trinajstić information content (AvgIpc) is 2.44. The van der Waals surface area contributed by atoms with Crippen molar-refractivity contribution < 1.29 is 15.0 Å². The zero-order valence-corrected chi connectivity index (χ0v) is 11.7. The molecule has 0 heterocycles. The quantitative estimate of drug-likeness (QED) is 0.676. The van der Waals surface area contributed by atoms with E-state index in [0.29, 0.717) is 12.1 Å². The normalized spacial score (nSPS) is 12.0. The number of aromatic hydroxyl groups is 2. The van der Waals surface area contributed by atoms with Crippen molar-refractivity contribution in [2.24, 2.45) is 5.73 Å². The number of carbonyl (C=O) groups excluding carboxylic acids is 1. The molecular formula is C16H18N2O3. The fourth-order valence-corrected chi connectivity index (χ4v) is 2.09. The van der Waals surface area contributed by atoms with Crippen molar-refractivity contribution in [2.45, 2.75) is 19.5 Å². The monoisotopic (exact) mass is 286 g/mol. The van der Waals surface area contributed by atoms with Crippen LogP contribution in [0.4, 0.5) is 0 Å². The Morgan fingerprint density at radius 1 is 1.19 bits per heavy atom. The molecule has 5 N–H and O–H groups in total. The van der Waals surface area contributed by atoms with Crippen molar-refractivity contribution in [1.82, 2.24) is 5.32 Å². The SMILES string of the molecule is CC(NCc1cccc(C(N)=O)c1)c1cc(O)cc(O)c1. The first kappa shape index (κ1) is 14.9. The van der Waals surface area contributed by atoms with Crippen molar-refractivity contribution >= 4 is 5.91 Å². The minimum absolute atomic E-state index is 0.0226. The van der Waals surface area contributed by atoms with Crippen LogP contribution >= 0.6 is 0 Å². The highest BCUT2D eigenvalue weighted by Crippen LogP contribution is 2.24. The molecule has 0 saturated heterocycles. The molecule has 1 amide bonds. The molecule has 0 aliphatic heterocycles. The maximum Gasteiger partial charge on any atom is 0.248 e. The highest BCUT2D eigenvalue weighted by atomic mass is 16.3. The van der Waals surface area contributed by atoms with E-state index < -0.39 is 5.91 Å². The van der Waals surface area contributed by atoms with Gasteiger partial charge in [-0.2, -0.15) is 0 Å². The highest BCUT2D eigenvalue weighted by Gasteiger charge is 2.08. The molecule has 0 saturated carbocycles. The lowest BCUT2D eigenvalue weighted by atomic mass is 10.1. The first-order valence-electron chi connectivity index (χ1n) is 6.61. The number of hydrogen-bond acceptors (Lipinski definition) is 4. The van der Waals surface area contributed by atoms with Gasteiger partial charge in [-0.05, 0) is 42.3 Å². The number of phenolic OH excluding ortho intramolecular Hbond substituents is 2. The average molecular weight is 286 g/mol. The number of carbonyl (C=O) groups is 1. The van der Waals surface area contributed by atoms with Crippen molar-refractivity contribution in [2.75, 3.05) is 0 Å². The summed E-state index contributed by atoms with van der Waals surface area (Å²) in [5, 5.41) is 22.2. The molecule has 110 valence electrons. The number of nitrogens with one attached hydrogen (secondary N) is 1. The smallest absolute Gasteiger partial charge is 0.248 e. The third-order valence-electron chi connectivity index (χ3n) is 3.25. The fraction of sp³-hybridized carbons (Fsp3) is 0.188. The van der Waals surface area contributed by atoms with Gasteiger partial charge in [0.2, 0.25) is 5.91 Å². The molecule has 0 bridgehead atoms. The van der Waals surface area contributed by atoms with Gasteiger partial charge in [-0.15, -0.1) is 0 Å². The summed E-state index contributed by atoms with van der Waals surface area (Å²) >= 11 is 0. The summed E-state index contributed by atoms with van der Waals surface area (Å²) in [6, 6.07) is 11.5. The number of amides is 1. The van der Waals surface area contributed by atoms with Crippen LogP contribution in [0.15, 0.2) is 42.5 Å². The molecule has 2 rings (SSSR count). The second-order valence-electron chi connectivity index (χ2n) is 4.95. The minimum atomic E-state index is -0.456. The van der Waals surface area contributed by atoms with Crippen LogP contribution in [0.3, 0.4) is 0 Å². The molecule has 2 aromatic rings. The summed E-state index contributed by atoms with van der Waals surface area (Å²) in [5.41, 5.74) is 7.43. The Kier molecular flexibility index (Phi) is 4.45. The van der Waals surface area contributed by atoms with E-state index in [4.69, 9.17) is 5.73 Å². The molecule has 21 heavy (non-hydrogen) atoms. The van der Waals surface area contributed by atoms with Gasteiger partial charge >= 0.3 is 0 Å². The van der Waals surface area contributed by atoms with E-state index in [1.54, 1.807) is 30.3 Å². The van der Waals surface area contributed by atoms with Crippen LogP contribution in [0.25, 0.3) is 0 Å². The maximum absolute atomic E-state index is 11.1. The Morgan fingerprint density at radius 2 is 1.86 bits per heavy atom. The molecule has 0 aliphatic rings. The van der Waals surface area contributed by atoms with E-state index in [0.717, 1.165) is 11.1 Å². The second-order valence-corrected chi connectivity index (χ2v) is 4.95. The van der Waals surface area contributed by atoms with Crippen LogP contribution in [0.5, 0.6) is 11.5 Å². The van der Waals surface area contributed by atoms with Gasteiger partial charge < -0.3 is 21.3 Å². The van der Waals surface area contributed by atoms with Crippen molar-refractivity contribution in [3.05, 3.63) is 59.2 Å². The second kappa shape index (κ2) is 6.28. The van der Waals surface area contributed by atoms with Gasteiger partial charge in [-0.3, -0.25) is 4.79 Å². The standard InChI is InChI=1S/C16H18N2O3/c1-10(13-6-14(19)8-15(20)7-13)18-9-11-3-2-4-12(5-11)16(17)21/h2-8,10,18-20H,9H2,1H3,(H2,17,21). The Labute approximate surface area is 123 Å². The number of hydrogen-bond donors (Lipinski definition) is 4. The molecular weight excluding hydrogens is 268 g/mol. The Hall–Kier alpha value is -2.53. The van der Waals surface area contributed by atoms with Crippen LogP contribution in [0.2, 0.25) is 0 Å². The van der Waals surface area contributed by atoms with Gasteiger partial charge in [0.25, 0.3) is 0 Å². The van der Waals surface area contributed by atoms with Crippen LogP contribution in [-0.4, -0.2) is 16.1 Å². The molecule has 0 spiro atoms. The zero-order valence-electron chi connectivity index (χ0n) is 11.7. The Bertz CT molecular complexity index is 635. The number of primary amides is 1. The van der Waals surface area contributed by atoms with E-state index in [9.17, 15) is 15.0 Å². The molecule has 0 aliphatic carbocycles. The summed E-state index contributed by atoms with van der Waals surface area (Å²) in [7, 11) is 0. The van der Waals surface area contributed by atoms with Gasteiger partial charge in [0.15, 0.2) is 0 Å². The number of rotatable bonds is 5. The number of nitrogens with two attached hydrogens (primary N) is 1. The Morgan fingerprint density at radius 3 is 2.48 bits per heavy atom.